The highest BCUT2D eigenvalue weighted by atomic mass is 32.2. The Morgan fingerprint density at radius 3 is 1.95 bits per heavy atom. The molecule has 0 radical (unpaired) electrons. The third-order valence-corrected chi connectivity index (χ3v) is 5.95. The van der Waals surface area contributed by atoms with E-state index in [4.69, 9.17) is 5.73 Å². The van der Waals surface area contributed by atoms with E-state index in [2.05, 4.69) is 0 Å². The van der Waals surface area contributed by atoms with Crippen molar-refractivity contribution in [3.8, 4) is 0 Å². The first-order valence-electron chi connectivity index (χ1n) is 6.38. The quantitative estimate of drug-likeness (QED) is 0.914. The van der Waals surface area contributed by atoms with Crippen LogP contribution in [-0.2, 0) is 16.0 Å². The number of nitrogens with two attached hydrogens (primary N) is 1. The summed E-state index contributed by atoms with van der Waals surface area (Å²) in [5, 5.41) is -0.543. The predicted molar refractivity (Wildman–Crippen MR) is 68.9 cm³/mol. The first-order chi connectivity index (χ1) is 9.21. The van der Waals surface area contributed by atoms with Gasteiger partial charge in [0.15, 0.2) is 9.84 Å². The molecule has 0 heterocycles. The van der Waals surface area contributed by atoms with Crippen molar-refractivity contribution < 1.29 is 21.6 Å². The number of halogens is 3. The molecule has 1 aromatic carbocycles. The molecule has 1 aromatic rings. The fraction of sp³-hybridized carbons (Fsp3) is 0.538. The molecule has 1 aliphatic carbocycles. The average molecular weight is 307 g/mol. The molecule has 0 aromatic heterocycles. The normalized spacial score (nSPS) is 24.6. The van der Waals surface area contributed by atoms with Crippen LogP contribution < -0.4 is 5.73 Å². The monoisotopic (exact) mass is 307 g/mol. The summed E-state index contributed by atoms with van der Waals surface area (Å²) in [6.45, 7) is 0. The maximum absolute atomic E-state index is 12.5. The van der Waals surface area contributed by atoms with E-state index in [1.54, 1.807) is 0 Å². The third-order valence-electron chi connectivity index (χ3n) is 3.67. The second kappa shape index (κ2) is 5.37. The second-order valence-corrected chi connectivity index (χ2v) is 7.33. The van der Waals surface area contributed by atoms with Crippen molar-refractivity contribution in [2.45, 2.75) is 48.0 Å². The number of benzene rings is 1. The molecule has 1 fully saturated rings. The van der Waals surface area contributed by atoms with Gasteiger partial charge < -0.3 is 5.73 Å². The van der Waals surface area contributed by atoms with Crippen molar-refractivity contribution in [1.82, 2.24) is 0 Å². The zero-order valence-corrected chi connectivity index (χ0v) is 11.5. The van der Waals surface area contributed by atoms with E-state index < -0.39 is 26.8 Å². The number of sulfone groups is 1. The van der Waals surface area contributed by atoms with Crippen LogP contribution in [0.25, 0.3) is 0 Å². The van der Waals surface area contributed by atoms with Gasteiger partial charge in [0.2, 0.25) is 0 Å². The molecule has 0 amide bonds. The van der Waals surface area contributed by atoms with Gasteiger partial charge in [0.1, 0.15) is 0 Å². The van der Waals surface area contributed by atoms with Crippen LogP contribution in [0, 0.1) is 0 Å². The van der Waals surface area contributed by atoms with Gasteiger partial charge in [-0.15, -0.1) is 0 Å². The molecule has 1 saturated carbocycles. The minimum Gasteiger partial charge on any atom is -0.328 e. The summed E-state index contributed by atoms with van der Waals surface area (Å²) < 4.78 is 62.0. The number of rotatable bonds is 2. The van der Waals surface area contributed by atoms with Crippen LogP contribution >= 0.6 is 0 Å². The van der Waals surface area contributed by atoms with E-state index >= 15 is 0 Å². The van der Waals surface area contributed by atoms with Crippen molar-refractivity contribution in [3.63, 3.8) is 0 Å². The van der Waals surface area contributed by atoms with Crippen LogP contribution in [0.5, 0.6) is 0 Å². The van der Waals surface area contributed by atoms with E-state index in [1.807, 2.05) is 0 Å². The van der Waals surface area contributed by atoms with Crippen LogP contribution in [0.4, 0.5) is 13.2 Å². The fourth-order valence-corrected chi connectivity index (χ4v) is 4.22. The zero-order valence-electron chi connectivity index (χ0n) is 10.7. The fourth-order valence-electron chi connectivity index (χ4n) is 2.42. The van der Waals surface area contributed by atoms with Crippen molar-refractivity contribution >= 4 is 9.84 Å². The molecule has 1 aliphatic rings. The van der Waals surface area contributed by atoms with Gasteiger partial charge >= 0.3 is 6.18 Å². The Kier molecular flexibility index (Phi) is 4.11. The Bertz CT molecular complexity index is 558. The summed E-state index contributed by atoms with van der Waals surface area (Å²) in [6, 6.07) is 3.71. The molecule has 0 atom stereocenters. The van der Waals surface area contributed by atoms with Crippen molar-refractivity contribution in [1.29, 1.82) is 0 Å². The lowest BCUT2D eigenvalue weighted by Crippen LogP contribution is -2.33. The molecule has 20 heavy (non-hydrogen) atoms. The van der Waals surface area contributed by atoms with Crippen molar-refractivity contribution in [2.75, 3.05) is 0 Å². The standard InChI is InChI=1S/C13H16F3NO2S/c14-13(15,16)9-1-5-11(6-2-9)20(18,19)12-7-3-10(17)4-8-12/h1-2,5-6,10,12H,3-4,7-8,17H2. The Morgan fingerprint density at radius 2 is 1.50 bits per heavy atom. The Hall–Kier alpha value is -1.08. The maximum Gasteiger partial charge on any atom is 0.416 e. The summed E-state index contributed by atoms with van der Waals surface area (Å²) in [6.07, 6.45) is -2.27. The molecule has 0 spiro atoms. The van der Waals surface area contributed by atoms with E-state index in [0.29, 0.717) is 25.7 Å². The summed E-state index contributed by atoms with van der Waals surface area (Å²) in [7, 11) is -3.57. The van der Waals surface area contributed by atoms with E-state index in [-0.39, 0.29) is 10.9 Å². The second-order valence-electron chi connectivity index (χ2n) is 5.10. The summed E-state index contributed by atoms with van der Waals surface area (Å²) >= 11 is 0. The van der Waals surface area contributed by atoms with Gasteiger partial charge in [-0.05, 0) is 49.9 Å². The lowest BCUT2D eigenvalue weighted by molar-refractivity contribution is -0.137. The SMILES string of the molecule is NC1CCC(S(=O)(=O)c2ccc(C(F)(F)F)cc2)CC1. The third kappa shape index (κ3) is 3.15. The van der Waals surface area contributed by atoms with Crippen molar-refractivity contribution in [2.24, 2.45) is 5.73 Å². The first-order valence-corrected chi connectivity index (χ1v) is 7.92. The molecule has 112 valence electrons. The molecule has 7 heteroatoms. The number of hydrogen-bond donors (Lipinski definition) is 1. The summed E-state index contributed by atoms with van der Waals surface area (Å²) in [5.74, 6) is 0. The molecule has 0 saturated heterocycles. The van der Waals surface area contributed by atoms with Gasteiger partial charge in [-0.25, -0.2) is 8.42 Å². The molecule has 2 N–H and O–H groups in total. The summed E-state index contributed by atoms with van der Waals surface area (Å²) in [4.78, 5) is -0.0500. The molecule has 0 bridgehead atoms. The van der Waals surface area contributed by atoms with Gasteiger partial charge in [-0.2, -0.15) is 13.2 Å². The van der Waals surface area contributed by atoms with E-state index in [1.165, 1.54) is 0 Å². The van der Waals surface area contributed by atoms with E-state index in [0.717, 1.165) is 24.3 Å². The summed E-state index contributed by atoms with van der Waals surface area (Å²) in [5.41, 5.74) is 4.88. The molecule has 3 nitrogen and oxygen atoms in total. The minimum atomic E-state index is -4.46. The van der Waals surface area contributed by atoms with Crippen LogP contribution in [0.15, 0.2) is 29.2 Å². The lowest BCUT2D eigenvalue weighted by atomic mass is 9.96. The average Bonchev–Trinajstić information content (AvgIpc) is 2.38. The van der Waals surface area contributed by atoms with Gasteiger partial charge in [0, 0.05) is 6.04 Å². The number of alkyl halides is 3. The topological polar surface area (TPSA) is 60.2 Å². The molecular formula is C13H16F3NO2S. The molecule has 0 aliphatic heterocycles. The highest BCUT2D eigenvalue weighted by Gasteiger charge is 2.33. The largest absolute Gasteiger partial charge is 0.416 e. The van der Waals surface area contributed by atoms with Gasteiger partial charge in [-0.1, -0.05) is 0 Å². The first kappa shape index (κ1) is 15.3. The Balaban J connectivity index is 2.22. The van der Waals surface area contributed by atoms with Crippen LogP contribution in [0.1, 0.15) is 31.2 Å². The highest BCUT2D eigenvalue weighted by molar-refractivity contribution is 7.92. The maximum atomic E-state index is 12.5. The molecule has 0 unspecified atom stereocenters. The Labute approximate surface area is 115 Å². The van der Waals surface area contributed by atoms with Gasteiger partial charge in [-0.3, -0.25) is 0 Å². The smallest absolute Gasteiger partial charge is 0.328 e. The predicted octanol–water partition coefficient (Wildman–Crippen LogP) is 2.75. The van der Waals surface area contributed by atoms with Gasteiger partial charge in [0.25, 0.3) is 0 Å². The van der Waals surface area contributed by atoms with Crippen LogP contribution in [0.2, 0.25) is 0 Å². The lowest BCUT2D eigenvalue weighted by Gasteiger charge is -2.26. The van der Waals surface area contributed by atoms with Crippen molar-refractivity contribution in [3.05, 3.63) is 29.8 Å². The zero-order chi connectivity index (χ0) is 15.0. The van der Waals surface area contributed by atoms with E-state index in [9.17, 15) is 21.6 Å². The highest BCUT2D eigenvalue weighted by Crippen LogP contribution is 2.32. The number of hydrogen-bond acceptors (Lipinski definition) is 3. The molecular weight excluding hydrogens is 291 g/mol. The Morgan fingerprint density at radius 1 is 1.00 bits per heavy atom. The van der Waals surface area contributed by atoms with Crippen LogP contribution in [-0.4, -0.2) is 19.7 Å². The van der Waals surface area contributed by atoms with Crippen LogP contribution in [0.3, 0.4) is 0 Å². The van der Waals surface area contributed by atoms with Gasteiger partial charge in [0.05, 0.1) is 15.7 Å². The molecule has 2 rings (SSSR count). The minimum absolute atomic E-state index is 0.0223.